The fourth-order valence-corrected chi connectivity index (χ4v) is 5.62. The van der Waals surface area contributed by atoms with Crippen molar-refractivity contribution in [3.63, 3.8) is 0 Å². The predicted molar refractivity (Wildman–Crippen MR) is 163 cm³/mol. The largest absolute Gasteiger partial charge is 0.466 e. The van der Waals surface area contributed by atoms with Crippen molar-refractivity contribution < 1.29 is 23.5 Å². The first-order valence-corrected chi connectivity index (χ1v) is 14.7. The minimum atomic E-state index is -0.588. The third-order valence-electron chi connectivity index (χ3n) is 7.90. The summed E-state index contributed by atoms with van der Waals surface area (Å²) >= 11 is 0. The topological polar surface area (TPSA) is 75.7 Å². The van der Waals surface area contributed by atoms with E-state index in [1.165, 1.54) is 6.07 Å². The van der Waals surface area contributed by atoms with E-state index in [0.717, 1.165) is 16.7 Å². The average molecular weight is 573 g/mol. The quantitative estimate of drug-likeness (QED) is 0.291. The molecule has 7 heteroatoms. The highest BCUT2D eigenvalue weighted by Crippen LogP contribution is 2.39. The lowest BCUT2D eigenvalue weighted by Gasteiger charge is -2.41. The smallest absolute Gasteiger partial charge is 0.306 e. The lowest BCUT2D eigenvalue weighted by molar-refractivity contribution is -0.143. The molecular weight excluding hydrogens is 531 g/mol. The molecule has 0 radical (unpaired) electrons. The number of benzene rings is 3. The van der Waals surface area contributed by atoms with Crippen LogP contribution in [0.1, 0.15) is 85.6 Å². The maximum Gasteiger partial charge on any atom is 0.306 e. The van der Waals surface area contributed by atoms with Gasteiger partial charge in [-0.05, 0) is 79.0 Å². The summed E-state index contributed by atoms with van der Waals surface area (Å²) in [5.41, 5.74) is 4.06. The molecule has 3 aromatic rings. The number of halogens is 1. The number of nitrogens with zero attached hydrogens (tertiary/aromatic N) is 1. The molecule has 0 spiro atoms. The highest BCUT2D eigenvalue weighted by atomic mass is 19.1. The molecule has 4 rings (SSSR count). The molecule has 0 aromatic heterocycles. The number of piperidine rings is 1. The van der Waals surface area contributed by atoms with Gasteiger partial charge in [0, 0.05) is 18.7 Å². The van der Waals surface area contributed by atoms with Crippen LogP contribution in [0.25, 0.3) is 0 Å². The first-order chi connectivity index (χ1) is 20.0. The predicted octanol–water partition coefficient (Wildman–Crippen LogP) is 7.16. The Labute approximate surface area is 248 Å². The van der Waals surface area contributed by atoms with Gasteiger partial charge >= 0.3 is 5.97 Å². The number of likely N-dealkylation sites (tertiary alicyclic amines) is 1. The van der Waals surface area contributed by atoms with Crippen molar-refractivity contribution >= 4 is 23.5 Å². The van der Waals surface area contributed by atoms with Gasteiger partial charge in [0.25, 0.3) is 5.91 Å². The highest BCUT2D eigenvalue weighted by molar-refractivity contribution is 5.98. The molecule has 6 nitrogen and oxygen atoms in total. The number of anilines is 1. The standard InChI is InChI=1S/C35H41FN2O4/c1-6-42-30(39)20-17-24-15-18-25(19-16-24)32-28(33(40)37-27-12-8-11-26(22-27)35(3,4)5)13-9-21-38(32)34(41)31-23(2)10-7-14-29(31)36/h7-8,10-12,14-16,18-19,22,28,32H,6,9,13,17,20-21H2,1-5H3,(H,37,40)/t28-,32-/m0/s1. The van der Waals surface area contributed by atoms with Crippen molar-refractivity contribution in [3.05, 3.63) is 100 Å². The molecule has 1 N–H and O–H groups in total. The molecule has 0 unspecified atom stereocenters. The van der Waals surface area contributed by atoms with Crippen LogP contribution in [-0.4, -0.2) is 35.8 Å². The third kappa shape index (κ3) is 7.25. The second-order valence-corrected chi connectivity index (χ2v) is 12.0. The Morgan fingerprint density at radius 2 is 1.74 bits per heavy atom. The molecule has 1 aliphatic rings. The summed E-state index contributed by atoms with van der Waals surface area (Å²) in [7, 11) is 0. The maximum atomic E-state index is 15.0. The van der Waals surface area contributed by atoms with Crippen LogP contribution >= 0.6 is 0 Å². The van der Waals surface area contributed by atoms with Crippen LogP contribution in [0.15, 0.2) is 66.7 Å². The number of nitrogens with one attached hydrogen (secondary N) is 1. The van der Waals surface area contributed by atoms with E-state index in [2.05, 4.69) is 26.1 Å². The Hall–Kier alpha value is -4.00. The fraction of sp³-hybridized carbons (Fsp3) is 0.400. The van der Waals surface area contributed by atoms with Crippen LogP contribution in [0.4, 0.5) is 10.1 Å². The van der Waals surface area contributed by atoms with E-state index in [-0.39, 0.29) is 29.3 Å². The second-order valence-electron chi connectivity index (χ2n) is 12.0. The Balaban J connectivity index is 1.67. The van der Waals surface area contributed by atoms with Crippen LogP contribution < -0.4 is 5.32 Å². The van der Waals surface area contributed by atoms with Gasteiger partial charge in [-0.1, -0.05) is 69.3 Å². The molecular formula is C35H41FN2O4. The normalized spacial score (nSPS) is 17.0. The maximum absolute atomic E-state index is 15.0. The first-order valence-electron chi connectivity index (χ1n) is 14.7. The Bertz CT molecular complexity index is 1410. The molecule has 1 aliphatic heterocycles. The molecule has 222 valence electrons. The Morgan fingerprint density at radius 3 is 2.40 bits per heavy atom. The van der Waals surface area contributed by atoms with Crippen molar-refractivity contribution in [3.8, 4) is 0 Å². The molecule has 1 saturated heterocycles. The van der Waals surface area contributed by atoms with Crippen molar-refractivity contribution in [2.45, 2.75) is 71.8 Å². The number of hydrogen-bond acceptors (Lipinski definition) is 4. The number of aryl methyl sites for hydroxylation is 2. The number of carbonyl (C=O) groups is 3. The summed E-state index contributed by atoms with van der Waals surface area (Å²) < 4.78 is 20.0. The number of hydrogen-bond donors (Lipinski definition) is 1. The summed E-state index contributed by atoms with van der Waals surface area (Å²) in [5, 5.41) is 3.10. The molecule has 1 fully saturated rings. The van der Waals surface area contributed by atoms with Crippen LogP contribution in [0.2, 0.25) is 0 Å². The molecule has 42 heavy (non-hydrogen) atoms. The summed E-state index contributed by atoms with van der Waals surface area (Å²) in [5.74, 6) is -1.97. The van der Waals surface area contributed by atoms with Crippen molar-refractivity contribution in [2.24, 2.45) is 5.92 Å². The zero-order chi connectivity index (χ0) is 30.4. The van der Waals surface area contributed by atoms with Gasteiger partial charge in [-0.2, -0.15) is 0 Å². The Kier molecular flexibility index (Phi) is 9.81. The molecule has 1 heterocycles. The molecule has 2 amide bonds. The SMILES string of the molecule is CCOC(=O)CCc1ccc([C@H]2[C@@H](C(=O)Nc3cccc(C(C)(C)C)c3)CCCN2C(=O)c2c(C)cccc2F)cc1. The van der Waals surface area contributed by atoms with Crippen LogP contribution in [0, 0.1) is 18.7 Å². The van der Waals surface area contributed by atoms with E-state index in [0.29, 0.717) is 43.7 Å². The van der Waals surface area contributed by atoms with Crippen molar-refractivity contribution in [1.29, 1.82) is 0 Å². The lowest BCUT2D eigenvalue weighted by atomic mass is 9.82. The lowest BCUT2D eigenvalue weighted by Crippen LogP contribution is -2.46. The molecule has 0 bridgehead atoms. The van der Waals surface area contributed by atoms with Gasteiger partial charge in [0.15, 0.2) is 0 Å². The number of esters is 1. The van der Waals surface area contributed by atoms with Gasteiger partial charge in [-0.15, -0.1) is 0 Å². The van der Waals surface area contributed by atoms with E-state index in [1.54, 1.807) is 30.9 Å². The summed E-state index contributed by atoms with van der Waals surface area (Å²) in [6.45, 7) is 10.6. The van der Waals surface area contributed by atoms with Crippen molar-refractivity contribution in [1.82, 2.24) is 4.90 Å². The number of rotatable bonds is 8. The molecule has 0 aliphatic carbocycles. The Morgan fingerprint density at radius 1 is 1.02 bits per heavy atom. The van der Waals surface area contributed by atoms with E-state index in [4.69, 9.17) is 4.74 Å². The summed E-state index contributed by atoms with van der Waals surface area (Å²) in [6.07, 6.45) is 1.99. The number of amides is 2. The summed E-state index contributed by atoms with van der Waals surface area (Å²) in [4.78, 5) is 41.3. The van der Waals surface area contributed by atoms with Gasteiger partial charge < -0.3 is 15.0 Å². The zero-order valence-electron chi connectivity index (χ0n) is 25.2. The van der Waals surface area contributed by atoms with Gasteiger partial charge in [0.2, 0.25) is 5.91 Å². The second kappa shape index (κ2) is 13.3. The minimum Gasteiger partial charge on any atom is -0.466 e. The van der Waals surface area contributed by atoms with E-state index < -0.39 is 23.7 Å². The van der Waals surface area contributed by atoms with Gasteiger partial charge in [-0.25, -0.2) is 4.39 Å². The molecule has 0 saturated carbocycles. The van der Waals surface area contributed by atoms with Crippen LogP contribution in [0.3, 0.4) is 0 Å². The molecule has 2 atom stereocenters. The van der Waals surface area contributed by atoms with E-state index in [1.807, 2.05) is 48.5 Å². The van der Waals surface area contributed by atoms with Crippen LogP contribution in [-0.2, 0) is 26.2 Å². The monoisotopic (exact) mass is 572 g/mol. The first kappa shape index (κ1) is 30.9. The average Bonchev–Trinajstić information content (AvgIpc) is 2.95. The minimum absolute atomic E-state index is 0.0347. The van der Waals surface area contributed by atoms with E-state index in [9.17, 15) is 18.8 Å². The number of carbonyl (C=O) groups excluding carboxylic acids is 3. The van der Waals surface area contributed by atoms with Crippen molar-refractivity contribution in [2.75, 3.05) is 18.5 Å². The molecule has 3 aromatic carbocycles. The number of ether oxygens (including phenoxy) is 1. The van der Waals surface area contributed by atoms with E-state index >= 15 is 0 Å². The third-order valence-corrected chi connectivity index (χ3v) is 7.90. The van der Waals surface area contributed by atoms with Gasteiger partial charge in [0.05, 0.1) is 24.1 Å². The fourth-order valence-electron chi connectivity index (χ4n) is 5.62. The highest BCUT2D eigenvalue weighted by Gasteiger charge is 2.40. The van der Waals surface area contributed by atoms with Gasteiger partial charge in [0.1, 0.15) is 5.82 Å². The summed E-state index contributed by atoms with van der Waals surface area (Å²) in [6, 6.07) is 19.5. The van der Waals surface area contributed by atoms with Gasteiger partial charge in [-0.3, -0.25) is 14.4 Å². The van der Waals surface area contributed by atoms with Crippen LogP contribution in [0.5, 0.6) is 0 Å². The zero-order valence-corrected chi connectivity index (χ0v) is 25.2.